The summed E-state index contributed by atoms with van der Waals surface area (Å²) in [6, 6.07) is 0. The Morgan fingerprint density at radius 3 is 2.73 bits per heavy atom. The van der Waals surface area contributed by atoms with Gasteiger partial charge in [0.1, 0.15) is 15.2 Å². The van der Waals surface area contributed by atoms with Gasteiger partial charge in [0.15, 0.2) is 0 Å². The maximum Gasteiger partial charge on any atom is 0.308 e. The maximum absolute atomic E-state index is 11.6. The van der Waals surface area contributed by atoms with E-state index in [1.54, 1.807) is 0 Å². The third-order valence-corrected chi connectivity index (χ3v) is 5.38. The Hall–Kier alpha value is -1.11. The Balaban J connectivity index is 1.70. The van der Waals surface area contributed by atoms with Crippen molar-refractivity contribution in [2.75, 3.05) is 7.11 Å². The largest absolute Gasteiger partial charge is 0.469 e. The van der Waals surface area contributed by atoms with Crippen LogP contribution >= 0.6 is 22.6 Å². The monoisotopic (exact) mass is 412 g/mol. The third kappa shape index (κ3) is 3.29. The number of allylic oxidation sites excluding steroid dienone is 4. The third-order valence-electron chi connectivity index (χ3n) is 4.59. The van der Waals surface area contributed by atoms with Crippen LogP contribution < -0.4 is 0 Å². The van der Waals surface area contributed by atoms with Crippen LogP contribution in [0.5, 0.6) is 0 Å². The molecule has 3 rings (SSSR count). The van der Waals surface area contributed by atoms with Crippen LogP contribution in [-0.4, -0.2) is 23.0 Å². The van der Waals surface area contributed by atoms with E-state index in [-0.39, 0.29) is 11.9 Å². The van der Waals surface area contributed by atoms with Crippen LogP contribution in [-0.2, 0) is 9.53 Å². The first-order chi connectivity index (χ1) is 10.7. The van der Waals surface area contributed by atoms with Gasteiger partial charge in [-0.05, 0) is 66.7 Å². The number of hydrogen-bond acceptors (Lipinski definition) is 3. The van der Waals surface area contributed by atoms with Gasteiger partial charge in [0.05, 0.1) is 13.0 Å². The quantitative estimate of drug-likeness (QED) is 0.598. The molecule has 2 aliphatic rings. The molecule has 1 aromatic heterocycles. The molecule has 5 heteroatoms. The minimum absolute atomic E-state index is 0.0642. The van der Waals surface area contributed by atoms with E-state index in [2.05, 4.69) is 45.8 Å². The van der Waals surface area contributed by atoms with Gasteiger partial charge in [-0.15, -0.1) is 0 Å². The molecule has 0 aromatic carbocycles. The van der Waals surface area contributed by atoms with Crippen LogP contribution in [0.25, 0.3) is 5.57 Å². The minimum atomic E-state index is -0.0642. The number of aromatic amines is 1. The first kappa shape index (κ1) is 15.8. The zero-order valence-electron chi connectivity index (χ0n) is 12.8. The predicted octanol–water partition coefficient (Wildman–Crippen LogP) is 4.19. The highest BCUT2D eigenvalue weighted by Crippen LogP contribution is 2.36. The van der Waals surface area contributed by atoms with Crippen LogP contribution in [0.15, 0.2) is 18.2 Å². The van der Waals surface area contributed by atoms with Crippen molar-refractivity contribution in [2.24, 2.45) is 5.92 Å². The van der Waals surface area contributed by atoms with Crippen molar-refractivity contribution in [1.82, 2.24) is 9.97 Å². The number of rotatable bonds is 3. The molecule has 4 nitrogen and oxygen atoms in total. The normalized spacial score (nSPS) is 24.9. The number of nitrogens with zero attached hydrogens (tertiary/aromatic N) is 1. The van der Waals surface area contributed by atoms with E-state index in [1.807, 2.05) is 0 Å². The molecule has 0 aliphatic heterocycles. The second-order valence-electron chi connectivity index (χ2n) is 6.00. The number of carbonyl (C=O) groups is 1. The number of carbonyl (C=O) groups excluding carboxylic acids is 1. The highest BCUT2D eigenvalue weighted by atomic mass is 127. The number of aromatic nitrogens is 2. The Bertz CT molecular complexity index is 610. The molecular weight excluding hydrogens is 391 g/mol. The van der Waals surface area contributed by atoms with Crippen molar-refractivity contribution in [1.29, 1.82) is 0 Å². The molecule has 1 fully saturated rings. The number of H-pyrrole nitrogens is 1. The molecule has 1 saturated carbocycles. The zero-order valence-corrected chi connectivity index (χ0v) is 14.9. The van der Waals surface area contributed by atoms with Gasteiger partial charge >= 0.3 is 5.97 Å². The molecule has 2 aliphatic carbocycles. The van der Waals surface area contributed by atoms with Crippen molar-refractivity contribution in [2.45, 2.75) is 44.4 Å². The van der Waals surface area contributed by atoms with E-state index in [0.29, 0.717) is 5.92 Å². The summed E-state index contributed by atoms with van der Waals surface area (Å²) in [6.07, 6.45) is 12.6. The molecular formula is C17H21IN2O2. The molecule has 0 bridgehead atoms. The lowest BCUT2D eigenvalue weighted by Gasteiger charge is -2.25. The van der Waals surface area contributed by atoms with Crippen molar-refractivity contribution in [3.63, 3.8) is 0 Å². The summed E-state index contributed by atoms with van der Waals surface area (Å²) in [5.74, 6) is 1.50. The number of ether oxygens (including phenoxy) is 1. The van der Waals surface area contributed by atoms with Gasteiger partial charge in [0.2, 0.25) is 0 Å². The summed E-state index contributed by atoms with van der Waals surface area (Å²) in [5.41, 5.74) is 2.29. The summed E-state index contributed by atoms with van der Waals surface area (Å²) in [7, 11) is 1.47. The van der Waals surface area contributed by atoms with E-state index >= 15 is 0 Å². The van der Waals surface area contributed by atoms with E-state index < -0.39 is 0 Å². The van der Waals surface area contributed by atoms with Crippen LogP contribution in [0.1, 0.15) is 56.0 Å². The molecule has 22 heavy (non-hydrogen) atoms. The summed E-state index contributed by atoms with van der Waals surface area (Å²) < 4.78 is 5.97. The topological polar surface area (TPSA) is 55.0 Å². The molecule has 0 unspecified atom stereocenters. The minimum Gasteiger partial charge on any atom is -0.469 e. The fourth-order valence-electron chi connectivity index (χ4n) is 3.31. The van der Waals surface area contributed by atoms with Gasteiger partial charge in [-0.2, -0.15) is 0 Å². The highest BCUT2D eigenvalue weighted by molar-refractivity contribution is 14.1. The molecule has 0 amide bonds. The Kier molecular flexibility index (Phi) is 5.00. The second kappa shape index (κ2) is 6.98. The first-order valence-electron chi connectivity index (χ1n) is 7.89. The molecule has 1 N–H and O–H groups in total. The van der Waals surface area contributed by atoms with Crippen LogP contribution in [0.4, 0.5) is 0 Å². The Labute approximate surface area is 144 Å². The number of nitrogens with one attached hydrogen (secondary N) is 1. The molecule has 0 saturated heterocycles. The molecule has 1 heterocycles. The van der Waals surface area contributed by atoms with Gasteiger partial charge in [-0.1, -0.05) is 18.2 Å². The van der Waals surface area contributed by atoms with Crippen molar-refractivity contribution in [3.8, 4) is 0 Å². The zero-order chi connectivity index (χ0) is 15.5. The predicted molar refractivity (Wildman–Crippen MR) is 94.4 cm³/mol. The van der Waals surface area contributed by atoms with Gasteiger partial charge in [-0.3, -0.25) is 4.79 Å². The van der Waals surface area contributed by atoms with Crippen molar-refractivity contribution < 1.29 is 9.53 Å². The van der Waals surface area contributed by atoms with E-state index in [0.717, 1.165) is 53.7 Å². The van der Waals surface area contributed by atoms with Crippen LogP contribution in [0.2, 0.25) is 0 Å². The Morgan fingerprint density at radius 1 is 1.32 bits per heavy atom. The molecule has 0 atom stereocenters. The fraction of sp³-hybridized carbons (Fsp3) is 0.529. The summed E-state index contributed by atoms with van der Waals surface area (Å²) >= 11 is 2.33. The lowest BCUT2D eigenvalue weighted by Crippen LogP contribution is -2.22. The molecule has 1 aromatic rings. The van der Waals surface area contributed by atoms with E-state index in [4.69, 9.17) is 9.72 Å². The fourth-order valence-corrected chi connectivity index (χ4v) is 4.02. The number of esters is 1. The molecule has 0 spiro atoms. The molecule has 118 valence electrons. The second-order valence-corrected chi connectivity index (χ2v) is 7.07. The van der Waals surface area contributed by atoms with Crippen LogP contribution in [0.3, 0.4) is 0 Å². The number of halogens is 1. The summed E-state index contributed by atoms with van der Waals surface area (Å²) in [5, 5.41) is 0. The lowest BCUT2D eigenvalue weighted by atomic mass is 9.81. The SMILES string of the molecule is COC(=O)C1CCC(c2nc(C3=CCCC=C3)c(I)[nH]2)CC1. The summed E-state index contributed by atoms with van der Waals surface area (Å²) in [4.78, 5) is 19.9. The van der Waals surface area contributed by atoms with Gasteiger partial charge < -0.3 is 9.72 Å². The van der Waals surface area contributed by atoms with Gasteiger partial charge in [-0.25, -0.2) is 4.98 Å². The van der Waals surface area contributed by atoms with E-state index in [9.17, 15) is 4.79 Å². The summed E-state index contributed by atoms with van der Waals surface area (Å²) in [6.45, 7) is 0. The van der Waals surface area contributed by atoms with Gasteiger partial charge in [0.25, 0.3) is 0 Å². The Morgan fingerprint density at radius 2 is 2.09 bits per heavy atom. The number of imidazole rings is 1. The van der Waals surface area contributed by atoms with Gasteiger partial charge in [0, 0.05) is 5.92 Å². The average molecular weight is 412 g/mol. The van der Waals surface area contributed by atoms with E-state index in [1.165, 1.54) is 12.7 Å². The van der Waals surface area contributed by atoms with Crippen molar-refractivity contribution in [3.05, 3.63) is 33.4 Å². The number of methoxy groups -OCH3 is 1. The first-order valence-corrected chi connectivity index (χ1v) is 8.97. The number of hydrogen-bond donors (Lipinski definition) is 1. The lowest BCUT2D eigenvalue weighted by molar-refractivity contribution is -0.146. The van der Waals surface area contributed by atoms with Crippen LogP contribution in [0, 0.1) is 9.62 Å². The standard InChI is InChI=1S/C17H21IN2O2/c1-22-17(21)13-9-7-12(8-10-13)16-19-14(15(18)20-16)11-5-3-2-4-6-11/h3,5-6,12-13H,2,4,7-10H2,1H3,(H,19,20). The maximum atomic E-state index is 11.6. The highest BCUT2D eigenvalue weighted by Gasteiger charge is 2.29. The van der Waals surface area contributed by atoms with Crippen molar-refractivity contribution >= 4 is 34.1 Å². The molecule has 0 radical (unpaired) electrons. The average Bonchev–Trinajstić information content (AvgIpc) is 2.97. The smallest absolute Gasteiger partial charge is 0.308 e.